The van der Waals surface area contributed by atoms with Crippen LogP contribution in [0.25, 0.3) is 17.2 Å². The molecule has 0 bridgehead atoms. The Morgan fingerprint density at radius 3 is 2.58 bits per heavy atom. The maximum absolute atomic E-state index is 12.6. The lowest BCUT2D eigenvalue weighted by Gasteiger charge is -2.11. The topological polar surface area (TPSA) is 119 Å². The first kappa shape index (κ1) is 20.5. The zero-order valence-corrected chi connectivity index (χ0v) is 17.5. The Morgan fingerprint density at radius 2 is 1.87 bits per heavy atom. The summed E-state index contributed by atoms with van der Waals surface area (Å²) in [6, 6.07) is 8.93. The molecule has 0 aliphatic carbocycles. The van der Waals surface area contributed by atoms with Gasteiger partial charge >= 0.3 is 0 Å². The molecule has 3 aromatic heterocycles. The van der Waals surface area contributed by atoms with Gasteiger partial charge in [0.2, 0.25) is 11.7 Å². The predicted octanol–water partition coefficient (Wildman–Crippen LogP) is 1.31. The highest BCUT2D eigenvalue weighted by molar-refractivity contribution is 5.90. The van der Waals surface area contributed by atoms with E-state index in [4.69, 9.17) is 5.11 Å². The summed E-state index contributed by atoms with van der Waals surface area (Å²) in [5.41, 5.74) is 3.40. The summed E-state index contributed by atoms with van der Waals surface area (Å²) in [6.45, 7) is 5.81. The van der Waals surface area contributed by atoms with Gasteiger partial charge in [0, 0.05) is 23.6 Å². The second kappa shape index (κ2) is 8.15. The molecule has 2 N–H and O–H groups in total. The van der Waals surface area contributed by atoms with Gasteiger partial charge in [0.15, 0.2) is 5.82 Å². The third-order valence-electron chi connectivity index (χ3n) is 4.95. The number of nitrogens with zero attached hydrogens (tertiary/aromatic N) is 6. The molecule has 0 aliphatic heterocycles. The van der Waals surface area contributed by atoms with Gasteiger partial charge in [-0.15, -0.1) is 5.10 Å². The highest BCUT2D eigenvalue weighted by Gasteiger charge is 2.18. The number of anilines is 1. The zero-order chi connectivity index (χ0) is 22.1. The van der Waals surface area contributed by atoms with Crippen LogP contribution in [0.3, 0.4) is 0 Å². The average Bonchev–Trinajstić information content (AvgIpc) is 3.31. The van der Waals surface area contributed by atoms with Crippen LogP contribution >= 0.6 is 0 Å². The number of fused-ring (bicyclic) bond motifs is 1. The number of aliphatic hydroxyl groups excluding tert-OH is 1. The van der Waals surface area contributed by atoms with Crippen LogP contribution in [0.5, 0.6) is 0 Å². The maximum Gasteiger partial charge on any atom is 0.275 e. The summed E-state index contributed by atoms with van der Waals surface area (Å²) in [7, 11) is 0. The molecule has 0 atom stereocenters. The number of hydrogen-bond donors (Lipinski definition) is 2. The highest BCUT2D eigenvalue weighted by atomic mass is 16.3. The lowest BCUT2D eigenvalue weighted by molar-refractivity contribution is -0.116. The first-order valence-corrected chi connectivity index (χ1v) is 9.84. The van der Waals surface area contributed by atoms with Crippen molar-refractivity contribution in [3.8, 4) is 11.4 Å². The number of amides is 1. The van der Waals surface area contributed by atoms with Crippen LogP contribution in [0, 0.1) is 20.8 Å². The van der Waals surface area contributed by atoms with Crippen molar-refractivity contribution in [3.63, 3.8) is 0 Å². The Balaban J connectivity index is 1.70. The van der Waals surface area contributed by atoms with E-state index in [1.165, 1.54) is 10.6 Å². The number of hydrogen-bond acceptors (Lipinski definition) is 6. The second-order valence-electron chi connectivity index (χ2n) is 7.39. The fourth-order valence-electron chi connectivity index (χ4n) is 3.35. The van der Waals surface area contributed by atoms with Gasteiger partial charge in [-0.1, -0.05) is 17.7 Å². The number of benzene rings is 1. The fraction of sp³-hybridized carbons (Fsp3) is 0.286. The Kier molecular flexibility index (Phi) is 5.38. The summed E-state index contributed by atoms with van der Waals surface area (Å²) < 4.78 is 4.43. The smallest absolute Gasteiger partial charge is 0.275 e. The number of aryl methyl sites for hydroxylation is 3. The molecule has 0 fully saturated rings. The molecule has 31 heavy (non-hydrogen) atoms. The van der Waals surface area contributed by atoms with Gasteiger partial charge in [-0.05, 0) is 32.9 Å². The quantitative estimate of drug-likeness (QED) is 0.484. The zero-order valence-electron chi connectivity index (χ0n) is 17.5. The van der Waals surface area contributed by atoms with E-state index in [2.05, 4.69) is 20.5 Å². The highest BCUT2D eigenvalue weighted by Crippen LogP contribution is 2.20. The number of nitrogens with one attached hydrogen (secondary N) is 1. The number of aromatic nitrogens is 6. The van der Waals surface area contributed by atoms with E-state index in [1.807, 2.05) is 31.2 Å². The van der Waals surface area contributed by atoms with E-state index in [9.17, 15) is 9.59 Å². The van der Waals surface area contributed by atoms with E-state index in [0.29, 0.717) is 35.0 Å². The van der Waals surface area contributed by atoms with Gasteiger partial charge in [0.05, 0.1) is 24.4 Å². The van der Waals surface area contributed by atoms with Gasteiger partial charge in [0.25, 0.3) is 5.56 Å². The van der Waals surface area contributed by atoms with Crippen LogP contribution in [-0.4, -0.2) is 46.6 Å². The number of carbonyl (C=O) groups is 1. The molecule has 160 valence electrons. The van der Waals surface area contributed by atoms with Crippen LogP contribution in [0.4, 0.5) is 5.69 Å². The van der Waals surface area contributed by atoms with Crippen LogP contribution in [-0.2, 0) is 17.9 Å². The molecule has 1 amide bonds. The van der Waals surface area contributed by atoms with Crippen LogP contribution < -0.4 is 10.9 Å². The summed E-state index contributed by atoms with van der Waals surface area (Å²) in [6.07, 6.45) is 1.73. The van der Waals surface area contributed by atoms with Gasteiger partial charge in [-0.3, -0.25) is 14.3 Å². The van der Waals surface area contributed by atoms with E-state index >= 15 is 0 Å². The van der Waals surface area contributed by atoms with Crippen LogP contribution in [0.15, 0.2) is 41.3 Å². The molecule has 1 aromatic carbocycles. The SMILES string of the molecule is Cc1ccc(NC(=O)Cn2c(C)cc(=O)n3nc(-c4cn(CCO)nc4C)nc23)cc1. The Morgan fingerprint density at radius 1 is 1.13 bits per heavy atom. The Hall–Kier alpha value is -3.79. The summed E-state index contributed by atoms with van der Waals surface area (Å²) >= 11 is 0. The standard InChI is InChI=1S/C21H23N7O3/c1-13-4-6-16(7-5-13)22-18(30)12-27-14(2)10-19(31)28-21(27)23-20(25-28)17-11-26(8-9-29)24-15(17)3/h4-7,10-11,29H,8-9,12H2,1-3H3,(H,22,30). The van der Waals surface area contributed by atoms with E-state index < -0.39 is 0 Å². The second-order valence-corrected chi connectivity index (χ2v) is 7.39. The Bertz CT molecular complexity index is 1320. The molecule has 0 aliphatic rings. The lowest BCUT2D eigenvalue weighted by Crippen LogP contribution is -2.25. The van der Waals surface area contributed by atoms with E-state index in [0.717, 1.165) is 5.56 Å². The largest absolute Gasteiger partial charge is 0.394 e. The van der Waals surface area contributed by atoms with Crippen molar-refractivity contribution >= 4 is 17.4 Å². The number of rotatable bonds is 6. The molecule has 0 saturated carbocycles. The van der Waals surface area contributed by atoms with Crippen molar-refractivity contribution in [1.82, 2.24) is 28.9 Å². The van der Waals surface area contributed by atoms with Crippen molar-refractivity contribution in [3.05, 3.63) is 63.8 Å². The number of aliphatic hydroxyl groups is 1. The molecule has 3 heterocycles. The molecule has 0 unspecified atom stereocenters. The van der Waals surface area contributed by atoms with Gasteiger partial charge < -0.3 is 15.0 Å². The fourth-order valence-corrected chi connectivity index (χ4v) is 3.35. The first-order chi connectivity index (χ1) is 14.9. The number of carbonyl (C=O) groups excluding carboxylic acids is 1. The predicted molar refractivity (Wildman–Crippen MR) is 115 cm³/mol. The van der Waals surface area contributed by atoms with Crippen molar-refractivity contribution in [1.29, 1.82) is 0 Å². The molecule has 10 heteroatoms. The lowest BCUT2D eigenvalue weighted by atomic mass is 10.2. The summed E-state index contributed by atoms with van der Waals surface area (Å²) in [4.78, 5) is 29.7. The molecule has 10 nitrogen and oxygen atoms in total. The summed E-state index contributed by atoms with van der Waals surface area (Å²) in [5, 5.41) is 20.7. The monoisotopic (exact) mass is 421 g/mol. The molecule has 0 radical (unpaired) electrons. The van der Waals surface area contributed by atoms with E-state index in [1.54, 1.807) is 29.3 Å². The minimum atomic E-state index is -0.332. The third-order valence-corrected chi connectivity index (χ3v) is 4.95. The molecular formula is C21H23N7O3. The third kappa shape index (κ3) is 4.10. The minimum absolute atomic E-state index is 0.0234. The van der Waals surface area contributed by atoms with Crippen LogP contribution in [0.1, 0.15) is 17.0 Å². The normalized spacial score (nSPS) is 11.2. The van der Waals surface area contributed by atoms with Crippen LogP contribution in [0.2, 0.25) is 0 Å². The van der Waals surface area contributed by atoms with Gasteiger partial charge in [0.1, 0.15) is 6.54 Å². The Labute approximate surface area is 177 Å². The molecule has 4 rings (SSSR count). The first-order valence-electron chi connectivity index (χ1n) is 9.84. The van der Waals surface area contributed by atoms with E-state index in [-0.39, 0.29) is 30.4 Å². The van der Waals surface area contributed by atoms with Crippen molar-refractivity contribution in [2.75, 3.05) is 11.9 Å². The van der Waals surface area contributed by atoms with Gasteiger partial charge in [-0.25, -0.2) is 0 Å². The van der Waals surface area contributed by atoms with Crippen molar-refractivity contribution in [2.45, 2.75) is 33.9 Å². The molecule has 0 saturated heterocycles. The van der Waals surface area contributed by atoms with Crippen molar-refractivity contribution in [2.24, 2.45) is 0 Å². The summed E-state index contributed by atoms with van der Waals surface area (Å²) in [5.74, 6) is 0.361. The van der Waals surface area contributed by atoms with Crippen molar-refractivity contribution < 1.29 is 9.90 Å². The maximum atomic E-state index is 12.6. The van der Waals surface area contributed by atoms with Gasteiger partial charge in [-0.2, -0.15) is 14.6 Å². The minimum Gasteiger partial charge on any atom is -0.394 e. The molecule has 0 spiro atoms. The average molecular weight is 421 g/mol. The molecular weight excluding hydrogens is 398 g/mol. The molecule has 4 aromatic rings.